The number of benzene rings is 3. The van der Waals surface area contributed by atoms with Gasteiger partial charge in [0, 0.05) is 18.4 Å². The van der Waals surface area contributed by atoms with Crippen molar-refractivity contribution < 1.29 is 0 Å². The number of fused-ring (bicyclic) bond motifs is 5. The highest BCUT2D eigenvalue weighted by Gasteiger charge is 2.48. The predicted molar refractivity (Wildman–Crippen MR) is 114 cm³/mol. The summed E-state index contributed by atoms with van der Waals surface area (Å²) in [6.45, 7) is 4.58. The van der Waals surface area contributed by atoms with Crippen LogP contribution in [0.4, 0.5) is 11.4 Å². The van der Waals surface area contributed by atoms with E-state index in [0.717, 1.165) is 0 Å². The Hall–Kier alpha value is -2.32. The van der Waals surface area contributed by atoms with Crippen LogP contribution < -0.4 is 15.3 Å². The molecule has 130 valence electrons. The van der Waals surface area contributed by atoms with Crippen LogP contribution >= 0.6 is 0 Å². The summed E-state index contributed by atoms with van der Waals surface area (Å²) in [6.07, 6.45) is 0. The van der Waals surface area contributed by atoms with Gasteiger partial charge in [-0.3, -0.25) is 0 Å². The molecule has 0 saturated heterocycles. The van der Waals surface area contributed by atoms with Gasteiger partial charge in [0.25, 0.3) is 0 Å². The van der Waals surface area contributed by atoms with E-state index >= 15 is 0 Å². The molecule has 0 bridgehead atoms. The molecule has 2 heteroatoms. The zero-order valence-corrected chi connectivity index (χ0v) is 16.8. The molecule has 5 rings (SSSR count). The van der Waals surface area contributed by atoms with Gasteiger partial charge >= 0.3 is 0 Å². The van der Waals surface area contributed by atoms with Gasteiger partial charge in [0.1, 0.15) is 8.07 Å². The van der Waals surface area contributed by atoms with Gasteiger partial charge < -0.3 is 4.90 Å². The molecule has 0 atom stereocenters. The summed E-state index contributed by atoms with van der Waals surface area (Å²) in [5.41, 5.74) is 7.43. The van der Waals surface area contributed by atoms with Gasteiger partial charge in [0.15, 0.2) is 0 Å². The molecule has 0 aliphatic carbocycles. The van der Waals surface area contributed by atoms with Crippen molar-refractivity contribution in [2.75, 3.05) is 11.9 Å². The lowest BCUT2D eigenvalue weighted by Gasteiger charge is -2.41. The van der Waals surface area contributed by atoms with Crippen molar-refractivity contribution in [2.24, 2.45) is 0 Å². The van der Waals surface area contributed by atoms with Crippen LogP contribution in [0.25, 0.3) is 0 Å². The molecular formula is C24H25NSi. The molecule has 26 heavy (non-hydrogen) atoms. The summed E-state index contributed by atoms with van der Waals surface area (Å²) in [5.74, 6) is 0.560. The number of anilines is 2. The molecule has 0 N–H and O–H groups in total. The first-order chi connectivity index (χ1) is 12.6. The van der Waals surface area contributed by atoms with E-state index < -0.39 is 8.07 Å². The van der Waals surface area contributed by atoms with Crippen LogP contribution in [0.1, 0.15) is 36.5 Å². The van der Waals surface area contributed by atoms with E-state index in [9.17, 15) is 0 Å². The maximum atomic E-state index is 2.47. The molecular weight excluding hydrogens is 330 g/mol. The van der Waals surface area contributed by atoms with Crippen molar-refractivity contribution in [3.8, 4) is 0 Å². The third-order valence-electron chi connectivity index (χ3n) is 6.45. The predicted octanol–water partition coefficient (Wildman–Crippen LogP) is 4.33. The Morgan fingerprint density at radius 2 is 1.38 bits per heavy atom. The molecule has 2 heterocycles. The number of nitrogens with zero attached hydrogens (tertiary/aromatic N) is 1. The molecule has 2 aliphatic heterocycles. The fourth-order valence-corrected chi connectivity index (χ4v) is 10.5. The maximum absolute atomic E-state index is 2.47. The van der Waals surface area contributed by atoms with Crippen LogP contribution in [-0.4, -0.2) is 15.1 Å². The average molecular weight is 356 g/mol. The normalized spacial score (nSPS) is 16.5. The third-order valence-corrected chi connectivity index (χ3v) is 11.3. The van der Waals surface area contributed by atoms with Crippen LogP contribution in [0.3, 0.4) is 0 Å². The lowest BCUT2D eigenvalue weighted by atomic mass is 10.0. The molecule has 3 aromatic rings. The molecule has 0 amide bonds. The molecule has 3 aromatic carbocycles. The van der Waals surface area contributed by atoms with Crippen molar-refractivity contribution in [2.45, 2.75) is 31.9 Å². The molecule has 0 fully saturated rings. The minimum atomic E-state index is -1.81. The van der Waals surface area contributed by atoms with Gasteiger partial charge in [-0.2, -0.15) is 0 Å². The second kappa shape index (κ2) is 5.59. The average Bonchev–Trinajstić information content (AvgIpc) is 3.06. The van der Waals surface area contributed by atoms with E-state index in [4.69, 9.17) is 0 Å². The summed E-state index contributed by atoms with van der Waals surface area (Å²) in [6, 6.07) is 28.0. The first-order valence-electron chi connectivity index (χ1n) is 9.64. The quantitative estimate of drug-likeness (QED) is 0.587. The second-order valence-electron chi connectivity index (χ2n) is 8.21. The molecule has 0 saturated carbocycles. The topological polar surface area (TPSA) is 3.24 Å². The van der Waals surface area contributed by atoms with Gasteiger partial charge in [0.05, 0.1) is 0 Å². The largest absolute Gasteiger partial charge is 0.345 e. The van der Waals surface area contributed by atoms with Crippen LogP contribution in [0.5, 0.6) is 0 Å². The Kier molecular flexibility index (Phi) is 3.41. The van der Waals surface area contributed by atoms with Gasteiger partial charge in [-0.15, -0.1) is 0 Å². The SMILES string of the molecule is CC(C)c1ccc2c(c1)N(C)c1ccccc1[Si]21Cc2ccccc2C1. The maximum Gasteiger partial charge on any atom is 0.132 e. The van der Waals surface area contributed by atoms with Crippen LogP contribution in [0.15, 0.2) is 66.7 Å². The van der Waals surface area contributed by atoms with Gasteiger partial charge in [-0.05, 0) is 57.2 Å². The van der Waals surface area contributed by atoms with Gasteiger partial charge in [0.2, 0.25) is 0 Å². The first kappa shape index (κ1) is 15.9. The third kappa shape index (κ3) is 2.08. The molecule has 0 unspecified atom stereocenters. The molecule has 2 aliphatic rings. The number of hydrogen-bond acceptors (Lipinski definition) is 1. The van der Waals surface area contributed by atoms with Crippen molar-refractivity contribution in [1.29, 1.82) is 0 Å². The van der Waals surface area contributed by atoms with E-state index in [1.165, 1.54) is 29.0 Å². The smallest absolute Gasteiger partial charge is 0.132 e. The fraction of sp³-hybridized carbons (Fsp3) is 0.250. The highest BCUT2D eigenvalue weighted by atomic mass is 28.3. The summed E-state index contributed by atoms with van der Waals surface area (Å²) in [7, 11) is 0.435. The fourth-order valence-electron chi connectivity index (χ4n) is 5.03. The summed E-state index contributed by atoms with van der Waals surface area (Å²) < 4.78 is 0. The standard InChI is InChI=1S/C24H25NSi/c1-17(2)18-12-13-24-22(14-18)25(3)21-10-6-7-11-23(21)26(24)15-19-8-4-5-9-20(19)16-26/h4-14,17H,15-16H2,1-3H3. The molecule has 1 nitrogen and oxygen atoms in total. The Labute approximate surface area is 157 Å². The Balaban J connectivity index is 1.78. The summed E-state index contributed by atoms with van der Waals surface area (Å²) >= 11 is 0. The van der Waals surface area contributed by atoms with Crippen molar-refractivity contribution >= 4 is 29.8 Å². The summed E-state index contributed by atoms with van der Waals surface area (Å²) in [5, 5.41) is 3.24. The monoisotopic (exact) mass is 355 g/mol. The molecule has 1 spiro atoms. The number of rotatable bonds is 1. The van der Waals surface area contributed by atoms with E-state index in [1.54, 1.807) is 21.5 Å². The van der Waals surface area contributed by atoms with Gasteiger partial charge in [-0.1, -0.05) is 68.4 Å². The lowest BCUT2D eigenvalue weighted by Crippen LogP contribution is -2.64. The number of hydrogen-bond donors (Lipinski definition) is 0. The van der Waals surface area contributed by atoms with Crippen molar-refractivity contribution in [3.63, 3.8) is 0 Å². The summed E-state index contributed by atoms with van der Waals surface area (Å²) in [4.78, 5) is 2.43. The first-order valence-corrected chi connectivity index (χ1v) is 12.1. The van der Waals surface area contributed by atoms with Crippen molar-refractivity contribution in [3.05, 3.63) is 83.4 Å². The highest BCUT2D eigenvalue weighted by molar-refractivity contribution is 7.04. The molecule has 0 aromatic heterocycles. The Morgan fingerprint density at radius 3 is 2.08 bits per heavy atom. The molecule has 0 radical (unpaired) electrons. The van der Waals surface area contributed by atoms with Crippen LogP contribution in [0.2, 0.25) is 0 Å². The minimum absolute atomic E-state index is 0.560. The zero-order chi connectivity index (χ0) is 17.9. The highest BCUT2D eigenvalue weighted by Crippen LogP contribution is 2.38. The Morgan fingerprint density at radius 1 is 0.769 bits per heavy atom. The van der Waals surface area contributed by atoms with E-state index in [2.05, 4.69) is 92.5 Å². The van der Waals surface area contributed by atoms with E-state index in [0.29, 0.717) is 5.92 Å². The van der Waals surface area contributed by atoms with Crippen LogP contribution in [-0.2, 0) is 12.1 Å². The number of para-hydroxylation sites is 1. The van der Waals surface area contributed by atoms with Crippen molar-refractivity contribution in [1.82, 2.24) is 0 Å². The van der Waals surface area contributed by atoms with Crippen LogP contribution in [0, 0.1) is 0 Å². The zero-order valence-electron chi connectivity index (χ0n) is 15.8. The Bertz CT molecular complexity index is 980. The second-order valence-corrected chi connectivity index (χ2v) is 12.2. The lowest BCUT2D eigenvalue weighted by molar-refractivity contribution is 0.866. The minimum Gasteiger partial charge on any atom is -0.345 e. The van der Waals surface area contributed by atoms with E-state index in [1.807, 2.05) is 0 Å². The van der Waals surface area contributed by atoms with E-state index in [-0.39, 0.29) is 0 Å². The van der Waals surface area contributed by atoms with Gasteiger partial charge in [-0.25, -0.2) is 0 Å².